The van der Waals surface area contributed by atoms with E-state index in [1.165, 1.54) is 283 Å². The summed E-state index contributed by atoms with van der Waals surface area (Å²) in [6.45, 7) is 66.7. The van der Waals surface area contributed by atoms with E-state index in [0.717, 1.165) is 24.2 Å². The molecule has 0 unspecified atom stereocenters. The van der Waals surface area contributed by atoms with E-state index in [1.54, 1.807) is 0 Å². The molecule has 0 bridgehead atoms. The highest BCUT2D eigenvalue weighted by molar-refractivity contribution is 5.20. The number of hydrogen-bond donors (Lipinski definition) is 0. The molecule has 1 saturated carbocycles. The molecule has 1 aromatic rings. The van der Waals surface area contributed by atoms with Crippen molar-refractivity contribution in [1.29, 1.82) is 0 Å². The number of likely N-dealkylation sites (N-methyl/N-ethyl adjacent to an activating group) is 2. The van der Waals surface area contributed by atoms with Crippen molar-refractivity contribution in [3.05, 3.63) is 35.4 Å². The highest BCUT2D eigenvalue weighted by Gasteiger charge is 2.16. The summed E-state index contributed by atoms with van der Waals surface area (Å²) in [5.74, 6) is 3.12. The summed E-state index contributed by atoms with van der Waals surface area (Å²) in [7, 11) is 4.40. The zero-order valence-corrected chi connectivity index (χ0v) is 61.1. The third-order valence-electron chi connectivity index (χ3n) is 15.9. The minimum Gasteiger partial charge on any atom is -0.306 e. The van der Waals surface area contributed by atoms with Crippen molar-refractivity contribution >= 4 is 0 Å². The molecule has 0 N–H and O–H groups in total. The summed E-state index contributed by atoms with van der Waals surface area (Å²) in [5.41, 5.74) is 2.76. The van der Waals surface area contributed by atoms with Crippen molar-refractivity contribution < 1.29 is 0 Å². The Balaban J connectivity index is -0.000000124. The van der Waals surface area contributed by atoms with Gasteiger partial charge >= 0.3 is 0 Å². The second kappa shape index (κ2) is 83.0. The molecule has 508 valence electrons. The number of rotatable bonds is 10. The van der Waals surface area contributed by atoms with Gasteiger partial charge in [0, 0.05) is 26.2 Å². The molecule has 83 heavy (non-hydrogen) atoms. The standard InChI is InChI=1S/C9H18.C9H12.C8H17N.C7H16N2.3C7H15N.3C4H10.3C3H8.2CH4/c2*1-3-9-6-4-8(2)5-7-9;1-3-8-4-6-9(2)7-5-8;1-3-9-6-4-8(2)5-7-9;3*1-2-8-6-4-3-5-7-8;3*1-3-4-2;3*1-3-2;;/h8-9H,3-7H2,1-2H3;4-7H,3H2,1-2H3;8H,3-7H2,1-2H3;3-7H2,1-2H3;3*2-7H2,1H3;3*3-4H2,1-2H3;3*3H2,1-2H3;2*1H4. The van der Waals surface area contributed by atoms with Gasteiger partial charge in [-0.25, -0.2) is 0 Å². The zero-order valence-electron chi connectivity index (χ0n) is 61.1. The number of piperazine rings is 1. The topological polar surface area (TPSA) is 19.4 Å². The lowest BCUT2D eigenvalue weighted by Gasteiger charge is -2.31. The Morgan fingerprint density at radius 2 is 0.578 bits per heavy atom. The van der Waals surface area contributed by atoms with Crippen molar-refractivity contribution in [3.63, 3.8) is 0 Å². The summed E-state index contributed by atoms with van der Waals surface area (Å²) in [6, 6.07) is 8.66. The van der Waals surface area contributed by atoms with Gasteiger partial charge in [-0.05, 0) is 181 Å². The molecule has 5 aliphatic heterocycles. The molecule has 1 aromatic carbocycles. The fourth-order valence-electron chi connectivity index (χ4n) is 9.02. The van der Waals surface area contributed by atoms with Crippen LogP contribution in [0.2, 0.25) is 0 Å². The van der Waals surface area contributed by atoms with Crippen LogP contribution < -0.4 is 0 Å². The summed E-state index contributed by atoms with van der Waals surface area (Å²) in [5, 5.41) is 0. The van der Waals surface area contributed by atoms with Gasteiger partial charge in [0.15, 0.2) is 0 Å². The van der Waals surface area contributed by atoms with Crippen LogP contribution in [-0.4, -0.2) is 148 Å². The van der Waals surface area contributed by atoms with E-state index in [1.807, 2.05) is 0 Å². The van der Waals surface area contributed by atoms with E-state index in [0.29, 0.717) is 0 Å². The number of unbranched alkanes of at least 4 members (excludes halogenated alkanes) is 3. The summed E-state index contributed by atoms with van der Waals surface area (Å²) < 4.78 is 0. The zero-order chi connectivity index (χ0) is 62.6. The number of benzene rings is 1. The normalized spacial score (nSPS) is 18.9. The average molecular weight is 1180 g/mol. The highest BCUT2D eigenvalue weighted by atomic mass is 15.2. The van der Waals surface area contributed by atoms with Crippen LogP contribution in [0.5, 0.6) is 0 Å². The van der Waals surface area contributed by atoms with Gasteiger partial charge in [0.1, 0.15) is 0 Å². The lowest BCUT2D eigenvalue weighted by atomic mass is 9.82. The van der Waals surface area contributed by atoms with E-state index in [4.69, 9.17) is 0 Å². The van der Waals surface area contributed by atoms with Crippen LogP contribution in [0.1, 0.15) is 331 Å². The quantitative estimate of drug-likeness (QED) is 0.231. The van der Waals surface area contributed by atoms with Crippen LogP contribution in [-0.2, 0) is 6.42 Å². The van der Waals surface area contributed by atoms with Crippen LogP contribution in [0.15, 0.2) is 24.3 Å². The predicted molar refractivity (Wildman–Crippen MR) is 393 cm³/mol. The number of aryl methyl sites for hydroxylation is 2. The molecule has 6 fully saturated rings. The summed E-state index contributed by atoms with van der Waals surface area (Å²) >= 11 is 0. The van der Waals surface area contributed by atoms with Gasteiger partial charge in [-0.15, -0.1) is 0 Å². The second-order valence-electron chi connectivity index (χ2n) is 24.4. The molecule has 6 nitrogen and oxygen atoms in total. The maximum Gasteiger partial charge on any atom is 0.0110 e. The molecule has 0 atom stereocenters. The second-order valence-corrected chi connectivity index (χ2v) is 24.4. The Morgan fingerprint density at radius 3 is 0.807 bits per heavy atom. The lowest BCUT2D eigenvalue weighted by Crippen LogP contribution is -2.44. The summed E-state index contributed by atoms with van der Waals surface area (Å²) in [6.07, 6.45) is 37.3. The fourth-order valence-corrected chi connectivity index (χ4v) is 9.02. The van der Waals surface area contributed by atoms with E-state index < -0.39 is 0 Å². The van der Waals surface area contributed by atoms with Crippen LogP contribution >= 0.6 is 0 Å². The maximum absolute atomic E-state index is 2.52. The maximum atomic E-state index is 2.52. The van der Waals surface area contributed by atoms with E-state index in [2.05, 4.69) is 213 Å². The van der Waals surface area contributed by atoms with Gasteiger partial charge in [0.05, 0.1) is 0 Å². The van der Waals surface area contributed by atoms with Crippen molar-refractivity contribution in [2.45, 2.75) is 334 Å². The van der Waals surface area contributed by atoms with Crippen LogP contribution in [0.25, 0.3) is 0 Å². The molecule has 7 rings (SSSR count). The Labute approximate surface area is 532 Å². The largest absolute Gasteiger partial charge is 0.306 e. The van der Waals surface area contributed by atoms with E-state index >= 15 is 0 Å². The summed E-state index contributed by atoms with van der Waals surface area (Å²) in [4.78, 5) is 14.8. The molecule has 0 spiro atoms. The lowest BCUT2D eigenvalue weighted by molar-refractivity contribution is 0.160. The molecule has 5 saturated heterocycles. The SMILES string of the molecule is C.C.CCC.CCC.CCC.CCC1CCC(C)CC1.CCC1CCN(C)CC1.CCCC.CCCC.CCCC.CCN1CCCCC1.CCN1CCCCC1.CCN1CCCCC1.CCN1CCN(C)CC1.CCc1ccc(C)cc1. The van der Waals surface area contributed by atoms with E-state index in [-0.39, 0.29) is 14.9 Å². The van der Waals surface area contributed by atoms with Crippen molar-refractivity contribution in [2.24, 2.45) is 17.8 Å². The minimum atomic E-state index is 0. The van der Waals surface area contributed by atoms with Crippen molar-refractivity contribution in [1.82, 2.24) is 29.4 Å². The minimum absolute atomic E-state index is 0. The number of piperidine rings is 4. The molecular formula is C77H170N6. The van der Waals surface area contributed by atoms with Crippen molar-refractivity contribution in [2.75, 3.05) is 119 Å². The first-order valence-electron chi connectivity index (χ1n) is 36.4. The Kier molecular flexibility index (Phi) is 98.3. The Bertz CT molecular complexity index is 1040. The molecule has 0 radical (unpaired) electrons. The molecule has 0 amide bonds. The molecule has 0 aromatic heterocycles. The van der Waals surface area contributed by atoms with E-state index in [9.17, 15) is 0 Å². The Hall–Kier alpha value is -1.02. The number of likely N-dealkylation sites (tertiary alicyclic amines) is 4. The van der Waals surface area contributed by atoms with Gasteiger partial charge in [0.2, 0.25) is 0 Å². The molecule has 6 aliphatic rings. The molecular weight excluding hydrogens is 1010 g/mol. The monoisotopic (exact) mass is 1180 g/mol. The third kappa shape index (κ3) is 79.0. The van der Waals surface area contributed by atoms with Crippen LogP contribution in [0.4, 0.5) is 0 Å². The van der Waals surface area contributed by atoms with Gasteiger partial charge in [-0.3, -0.25) is 0 Å². The van der Waals surface area contributed by atoms with Gasteiger partial charge in [-0.2, -0.15) is 0 Å². The van der Waals surface area contributed by atoms with Gasteiger partial charge in [0.25, 0.3) is 0 Å². The smallest absolute Gasteiger partial charge is 0.0110 e. The number of nitrogens with zero attached hydrogens (tertiary/aromatic N) is 6. The first-order valence-corrected chi connectivity index (χ1v) is 36.4. The van der Waals surface area contributed by atoms with Crippen LogP contribution in [0, 0.1) is 24.7 Å². The molecule has 1 aliphatic carbocycles. The first-order chi connectivity index (χ1) is 39.1. The predicted octanol–water partition coefficient (Wildman–Crippen LogP) is 23.2. The average Bonchev–Trinajstić information content (AvgIpc) is 3.52. The van der Waals surface area contributed by atoms with Gasteiger partial charge < -0.3 is 29.4 Å². The fraction of sp³-hybridized carbons (Fsp3) is 0.922. The Morgan fingerprint density at radius 1 is 0.325 bits per heavy atom. The van der Waals surface area contributed by atoms with Crippen molar-refractivity contribution in [3.8, 4) is 0 Å². The first kappa shape index (κ1) is 98.2. The molecule has 6 heteroatoms. The highest BCUT2D eigenvalue weighted by Crippen LogP contribution is 2.29. The molecule has 5 heterocycles. The third-order valence-corrected chi connectivity index (χ3v) is 15.9. The number of hydrogen-bond acceptors (Lipinski definition) is 6. The van der Waals surface area contributed by atoms with Gasteiger partial charge in [-0.1, -0.05) is 299 Å². The van der Waals surface area contributed by atoms with Crippen LogP contribution in [0.3, 0.4) is 0 Å².